The van der Waals surface area contributed by atoms with Crippen LogP contribution in [-0.2, 0) is 42.0 Å². The summed E-state index contributed by atoms with van der Waals surface area (Å²) in [5.74, 6) is -3.35. The average molecular weight is 1200 g/mol. The number of ether oxygens (including phenoxy) is 1. The van der Waals surface area contributed by atoms with Crippen molar-refractivity contribution < 1.29 is 57.6 Å². The Labute approximate surface area is 485 Å². The second-order valence-corrected chi connectivity index (χ2v) is 21.2. The van der Waals surface area contributed by atoms with Gasteiger partial charge in [-0.2, -0.15) is 0 Å². The number of hydrogen-bond donors (Lipinski definition) is 7. The van der Waals surface area contributed by atoms with Crippen LogP contribution in [0.2, 0.25) is 20.1 Å². The number of benzene rings is 6. The Bertz CT molecular complexity index is 3730. The highest BCUT2D eigenvalue weighted by Gasteiger charge is 2.38. The molecule has 18 nitrogen and oxygen atoms in total. The molecule has 1 aliphatic rings. The summed E-state index contributed by atoms with van der Waals surface area (Å²) in [7, 11) is -1.15. The van der Waals surface area contributed by atoms with E-state index in [9.17, 15) is 42.6 Å². The molecule has 1 amide bonds. The number of para-hydroxylation sites is 2. The zero-order valence-corrected chi connectivity index (χ0v) is 47.2. The average Bonchev–Trinajstić information content (AvgIpc) is 3.44. The number of amides is 1. The number of nitrogens with one attached hydrogen (secondary N) is 2. The molecule has 1 aliphatic heterocycles. The first-order valence-electron chi connectivity index (χ1n) is 24.2. The molecule has 0 radical (unpaired) electrons. The van der Waals surface area contributed by atoms with E-state index in [-0.39, 0.29) is 53.1 Å². The molecule has 420 valence electrons. The van der Waals surface area contributed by atoms with Crippen LogP contribution in [0, 0.1) is 6.92 Å². The Morgan fingerprint density at radius 3 is 1.93 bits per heavy atom. The summed E-state index contributed by atoms with van der Waals surface area (Å²) in [5, 5.41) is 45.5. The highest BCUT2D eigenvalue weighted by Crippen LogP contribution is 2.36. The Morgan fingerprint density at radius 1 is 0.728 bits per heavy atom. The number of anilines is 3. The second-order valence-electron chi connectivity index (χ2n) is 17.5. The third kappa shape index (κ3) is 15.7. The van der Waals surface area contributed by atoms with E-state index in [1.807, 2.05) is 18.2 Å². The summed E-state index contributed by atoms with van der Waals surface area (Å²) in [4.78, 5) is 61.9. The van der Waals surface area contributed by atoms with Crippen LogP contribution in [0.5, 0.6) is 5.75 Å². The van der Waals surface area contributed by atoms with Gasteiger partial charge in [-0.3, -0.25) is 32.8 Å². The molecule has 1 unspecified atom stereocenters. The van der Waals surface area contributed by atoms with E-state index in [1.165, 1.54) is 29.9 Å². The number of aromatic nitrogens is 2. The summed E-state index contributed by atoms with van der Waals surface area (Å²) in [5.41, 5.74) is 10.4. The van der Waals surface area contributed by atoms with Crippen molar-refractivity contribution in [2.24, 2.45) is 5.73 Å². The smallest absolute Gasteiger partial charge is 0.307 e. The lowest BCUT2D eigenvalue weighted by atomic mass is 9.96. The maximum absolute atomic E-state index is 13.0. The summed E-state index contributed by atoms with van der Waals surface area (Å²) >= 11 is 23.8. The van der Waals surface area contributed by atoms with Gasteiger partial charge in [-0.25, -0.2) is 13.4 Å². The van der Waals surface area contributed by atoms with E-state index < -0.39 is 39.6 Å². The van der Waals surface area contributed by atoms with Gasteiger partial charge in [0.2, 0.25) is 0 Å². The van der Waals surface area contributed by atoms with Crippen molar-refractivity contribution in [2.75, 3.05) is 31.3 Å². The molecule has 6 aromatic carbocycles. The fourth-order valence-corrected chi connectivity index (χ4v) is 10.4. The molecular formula is C58H52Cl4N6O12S. The molecule has 2 aromatic heterocycles. The second kappa shape index (κ2) is 28.1. The molecule has 0 bridgehead atoms. The maximum Gasteiger partial charge on any atom is 0.307 e. The van der Waals surface area contributed by atoms with Gasteiger partial charge >= 0.3 is 17.9 Å². The highest BCUT2D eigenvalue weighted by molar-refractivity contribution is 7.89. The number of rotatable bonds is 14. The zero-order chi connectivity index (χ0) is 59.1. The quantitative estimate of drug-likeness (QED) is 0.0533. The van der Waals surface area contributed by atoms with Crippen LogP contribution in [0.4, 0.5) is 17.2 Å². The van der Waals surface area contributed by atoms with Gasteiger partial charge in [-0.15, -0.1) is 0 Å². The third-order valence-electron chi connectivity index (χ3n) is 12.2. The van der Waals surface area contributed by atoms with Crippen molar-refractivity contribution in [2.45, 2.75) is 37.0 Å². The van der Waals surface area contributed by atoms with Gasteiger partial charge in [-0.1, -0.05) is 101 Å². The van der Waals surface area contributed by atoms with Gasteiger partial charge in [0, 0.05) is 57.1 Å². The van der Waals surface area contributed by atoms with E-state index >= 15 is 0 Å². The standard InChI is InChI=1S/C19H16ClNO4.C15H13N3O4S.C14H11Cl2NO2.C10H12ClNO2/c1-11-15(10-18(22)23)16-9-14(25-2)7-8-17(16)21(11)19(24)12-3-5-13(20)6-4-12;1-18-13(15(20)17-12-8-4-5-9-16-12)14(19)10-6-2-3-7-11(10)23(18,21)22;15-10-5-3-6-11(16)14(10)17-12-7-2-1-4-9(12)8-13(18)19;11-9-3-1-7(2-4-9)8(6-12)5-10(13)14/h3-9H,10H2,1-2H3,(H,22,23);2-9,19H,1H3,(H,16,17,20);1-7,17H,8H2,(H,18,19);1-4,8H,5-6,12H2,(H,13,14). The SMILES string of the molecule is CN1C(C(=O)Nc2ccccn2)=C(O)c2ccccc2S1(=O)=O.COc1ccc2c(c1)c(CC(=O)O)c(C)n2C(=O)c1ccc(Cl)cc1.NCC(CC(=O)O)c1ccc(Cl)cc1.O=C(O)Cc1ccccc1Nc1c(Cl)cccc1Cl. The van der Waals surface area contributed by atoms with Gasteiger partial charge in [0.15, 0.2) is 11.5 Å². The molecular weight excluding hydrogens is 1150 g/mol. The number of fused-ring (bicyclic) bond motifs is 2. The number of methoxy groups -OCH3 is 1. The molecule has 0 spiro atoms. The first-order valence-corrected chi connectivity index (χ1v) is 27.1. The van der Waals surface area contributed by atoms with Crippen molar-refractivity contribution in [1.82, 2.24) is 13.9 Å². The normalized spacial score (nSPS) is 12.4. The summed E-state index contributed by atoms with van der Waals surface area (Å²) in [6.07, 6.45) is 1.31. The first-order chi connectivity index (χ1) is 38.5. The minimum Gasteiger partial charge on any atom is -0.505 e. The first kappa shape index (κ1) is 61.8. The van der Waals surface area contributed by atoms with Gasteiger partial charge in [0.05, 0.1) is 52.5 Å². The van der Waals surface area contributed by atoms with E-state index in [1.54, 1.807) is 135 Å². The molecule has 9 rings (SSSR count). The Balaban J connectivity index is 0.000000177. The number of carbonyl (C=O) groups is 5. The number of aliphatic hydroxyl groups excluding tert-OH is 1. The molecule has 8 aromatic rings. The van der Waals surface area contributed by atoms with Crippen LogP contribution >= 0.6 is 46.4 Å². The molecule has 3 heterocycles. The number of carboxylic acids is 3. The number of carbonyl (C=O) groups excluding carboxylic acids is 2. The van der Waals surface area contributed by atoms with Crippen molar-refractivity contribution >= 4 is 120 Å². The molecule has 1 atom stereocenters. The molecule has 23 heteroatoms. The van der Waals surface area contributed by atoms with E-state index in [4.69, 9.17) is 67.1 Å². The fraction of sp³-hybridized carbons (Fsp3) is 0.138. The number of aliphatic hydroxyl groups is 1. The number of nitrogens with zero attached hydrogens (tertiary/aromatic N) is 3. The Hall–Kier alpha value is -8.43. The van der Waals surface area contributed by atoms with Crippen molar-refractivity contribution in [3.63, 3.8) is 0 Å². The molecule has 0 aliphatic carbocycles. The zero-order valence-electron chi connectivity index (χ0n) is 43.3. The predicted molar refractivity (Wildman–Crippen MR) is 313 cm³/mol. The Kier molecular flexibility index (Phi) is 21.5. The van der Waals surface area contributed by atoms with Gasteiger partial charge < -0.3 is 41.5 Å². The number of hydrogen-bond acceptors (Lipinski definition) is 12. The van der Waals surface area contributed by atoms with Crippen molar-refractivity contribution in [1.29, 1.82) is 0 Å². The lowest BCUT2D eigenvalue weighted by molar-refractivity contribution is -0.138. The van der Waals surface area contributed by atoms with E-state index in [0.717, 1.165) is 9.87 Å². The van der Waals surface area contributed by atoms with Crippen LogP contribution < -0.4 is 21.1 Å². The van der Waals surface area contributed by atoms with E-state index in [0.29, 0.717) is 77.0 Å². The summed E-state index contributed by atoms with van der Waals surface area (Å²) < 4.78 is 32.5. The van der Waals surface area contributed by atoms with E-state index in [2.05, 4.69) is 15.6 Å². The number of likely N-dealkylation sites (N-methyl/N-ethyl adjacent to an activating group) is 1. The molecule has 81 heavy (non-hydrogen) atoms. The third-order valence-corrected chi connectivity index (χ3v) is 15.2. The van der Waals surface area contributed by atoms with Crippen molar-refractivity contribution in [3.05, 3.63) is 217 Å². The van der Waals surface area contributed by atoms with Crippen molar-refractivity contribution in [3.8, 4) is 5.75 Å². The number of carboxylic acid groups (broad SMARTS) is 3. The summed E-state index contributed by atoms with van der Waals surface area (Å²) in [6, 6.07) is 42.2. The molecule has 0 fully saturated rings. The molecule has 0 saturated heterocycles. The monoisotopic (exact) mass is 1200 g/mol. The van der Waals surface area contributed by atoms with Gasteiger partial charge in [0.1, 0.15) is 11.6 Å². The number of sulfonamides is 1. The van der Waals surface area contributed by atoms with Crippen LogP contribution in [0.1, 0.15) is 50.6 Å². The summed E-state index contributed by atoms with van der Waals surface area (Å²) in [6.45, 7) is 2.08. The van der Waals surface area contributed by atoms with Crippen LogP contribution in [-0.4, -0.2) is 93.1 Å². The van der Waals surface area contributed by atoms with Crippen LogP contribution in [0.25, 0.3) is 16.7 Å². The highest BCUT2D eigenvalue weighted by atomic mass is 35.5. The predicted octanol–water partition coefficient (Wildman–Crippen LogP) is 11.7. The number of pyridine rings is 1. The van der Waals surface area contributed by atoms with Gasteiger partial charge in [-0.05, 0) is 127 Å². The minimum absolute atomic E-state index is 0.0469. The number of aliphatic carboxylic acids is 3. The van der Waals surface area contributed by atoms with Crippen LogP contribution in [0.3, 0.4) is 0 Å². The van der Waals surface area contributed by atoms with Crippen LogP contribution in [0.15, 0.2) is 168 Å². The lowest BCUT2D eigenvalue weighted by Gasteiger charge is -2.28. The topological polar surface area (TPSA) is 281 Å². The fourth-order valence-electron chi connectivity index (χ4n) is 8.24. The lowest BCUT2D eigenvalue weighted by Crippen LogP contribution is -2.37. The Morgan fingerprint density at radius 2 is 1.33 bits per heavy atom. The minimum atomic E-state index is -3.91. The number of halogens is 4. The maximum atomic E-state index is 13.0. The number of nitrogens with two attached hydrogens (primary N) is 1. The largest absolute Gasteiger partial charge is 0.505 e. The molecule has 8 N–H and O–H groups in total. The molecule has 0 saturated carbocycles. The van der Waals surface area contributed by atoms with Gasteiger partial charge in [0.25, 0.3) is 21.8 Å².